The Morgan fingerprint density at radius 1 is 1.10 bits per heavy atom. The molecule has 0 unspecified atom stereocenters. The summed E-state index contributed by atoms with van der Waals surface area (Å²) in [4.78, 5) is 14.3. The molecule has 3 heterocycles. The van der Waals surface area contributed by atoms with E-state index < -0.39 is 0 Å². The average molecular weight is 446 g/mol. The van der Waals surface area contributed by atoms with Crippen LogP contribution in [0.3, 0.4) is 0 Å². The molecule has 0 bridgehead atoms. The van der Waals surface area contributed by atoms with Gasteiger partial charge in [-0.1, -0.05) is 23.4 Å². The molecule has 1 aliphatic heterocycles. The van der Waals surface area contributed by atoms with Crippen molar-refractivity contribution in [2.75, 3.05) is 33.7 Å². The predicted octanol–water partition coefficient (Wildman–Crippen LogP) is 5.29. The van der Waals surface area contributed by atoms with Crippen LogP contribution in [0.5, 0.6) is 11.5 Å². The molecule has 1 saturated heterocycles. The quantitative estimate of drug-likeness (QED) is 0.390. The number of benzene rings is 1. The van der Waals surface area contributed by atoms with Crippen molar-refractivity contribution in [2.24, 2.45) is 0 Å². The fourth-order valence-electron chi connectivity index (χ4n) is 3.90. The second kappa shape index (κ2) is 8.96. The van der Waals surface area contributed by atoms with E-state index in [2.05, 4.69) is 4.98 Å². The van der Waals surface area contributed by atoms with Crippen molar-refractivity contribution in [2.45, 2.75) is 30.8 Å². The summed E-state index contributed by atoms with van der Waals surface area (Å²) >= 11 is 8.26. The molecule has 2 aromatic heterocycles. The van der Waals surface area contributed by atoms with Gasteiger partial charge in [0.1, 0.15) is 11.5 Å². The van der Waals surface area contributed by atoms with E-state index in [1.54, 1.807) is 20.3 Å². The Kier molecular flexibility index (Phi) is 6.32. The number of ether oxygens (including phenoxy) is 3. The SMILES string of the molecule is COc1cc(OC)c(Cl)c(-c2cc3cnc(SC)nc3c(C3CCOCC3)n2)c1C. The Hall–Kier alpha value is -2.09. The van der Waals surface area contributed by atoms with E-state index in [1.165, 1.54) is 11.8 Å². The standard InChI is InChI=1S/C22H24ClN3O3S/c1-12-16(27-2)10-17(28-3)19(23)18(12)15-9-14-11-24-22(30-4)26-21(14)20(25-15)13-5-7-29-8-6-13/h9-11,13H,5-8H2,1-4H3. The van der Waals surface area contributed by atoms with Crippen LogP contribution in [0, 0.1) is 6.92 Å². The first-order chi connectivity index (χ1) is 14.6. The van der Waals surface area contributed by atoms with Gasteiger partial charge in [-0.25, -0.2) is 9.97 Å². The summed E-state index contributed by atoms with van der Waals surface area (Å²) in [5.41, 5.74) is 4.35. The van der Waals surface area contributed by atoms with E-state index in [-0.39, 0.29) is 5.92 Å². The van der Waals surface area contributed by atoms with E-state index in [0.29, 0.717) is 16.5 Å². The van der Waals surface area contributed by atoms with Gasteiger partial charge in [-0.05, 0) is 32.1 Å². The lowest BCUT2D eigenvalue weighted by molar-refractivity contribution is 0.0848. The lowest BCUT2D eigenvalue weighted by Gasteiger charge is -2.23. The molecule has 0 aliphatic carbocycles. The number of methoxy groups -OCH3 is 2. The first kappa shape index (κ1) is 21.2. The maximum Gasteiger partial charge on any atom is 0.187 e. The zero-order valence-corrected chi connectivity index (χ0v) is 19.1. The van der Waals surface area contributed by atoms with Crippen LogP contribution in [0.25, 0.3) is 22.2 Å². The largest absolute Gasteiger partial charge is 0.496 e. The number of thioether (sulfide) groups is 1. The fraction of sp³-hybridized carbons (Fsp3) is 0.409. The van der Waals surface area contributed by atoms with Gasteiger partial charge in [0.15, 0.2) is 5.16 Å². The molecule has 1 aliphatic rings. The summed E-state index contributed by atoms with van der Waals surface area (Å²) in [5, 5.41) is 2.20. The Morgan fingerprint density at radius 3 is 2.50 bits per heavy atom. The molecule has 1 aromatic carbocycles. The molecule has 0 spiro atoms. The maximum atomic E-state index is 6.74. The van der Waals surface area contributed by atoms with Crippen LogP contribution in [-0.4, -0.2) is 48.6 Å². The number of rotatable bonds is 5. The van der Waals surface area contributed by atoms with E-state index in [4.69, 9.17) is 35.8 Å². The number of halogens is 1. The van der Waals surface area contributed by atoms with Gasteiger partial charge in [-0.2, -0.15) is 0 Å². The minimum atomic E-state index is 0.275. The molecule has 3 aromatic rings. The van der Waals surface area contributed by atoms with E-state index in [9.17, 15) is 0 Å². The molecule has 0 radical (unpaired) electrons. The predicted molar refractivity (Wildman–Crippen MR) is 120 cm³/mol. The lowest BCUT2D eigenvalue weighted by atomic mass is 9.93. The zero-order chi connectivity index (χ0) is 21.3. The van der Waals surface area contributed by atoms with Crippen LogP contribution < -0.4 is 9.47 Å². The normalized spacial score (nSPS) is 14.8. The van der Waals surface area contributed by atoms with Crippen molar-refractivity contribution in [3.8, 4) is 22.8 Å². The summed E-state index contributed by atoms with van der Waals surface area (Å²) in [6, 6.07) is 3.80. The van der Waals surface area contributed by atoms with Crippen molar-refractivity contribution >= 4 is 34.3 Å². The molecule has 0 atom stereocenters. The third-order valence-electron chi connectivity index (χ3n) is 5.50. The third-order valence-corrected chi connectivity index (χ3v) is 6.44. The number of fused-ring (bicyclic) bond motifs is 1. The van der Waals surface area contributed by atoms with Crippen molar-refractivity contribution in [1.29, 1.82) is 0 Å². The molecule has 0 amide bonds. The van der Waals surface area contributed by atoms with Gasteiger partial charge in [0, 0.05) is 47.9 Å². The fourth-order valence-corrected chi connectivity index (χ4v) is 4.61. The number of hydrogen-bond acceptors (Lipinski definition) is 7. The number of hydrogen-bond donors (Lipinski definition) is 0. The molecule has 1 fully saturated rings. The van der Waals surface area contributed by atoms with Gasteiger partial charge in [-0.3, -0.25) is 4.98 Å². The second-order valence-electron chi connectivity index (χ2n) is 7.17. The first-order valence-electron chi connectivity index (χ1n) is 9.78. The lowest BCUT2D eigenvalue weighted by Crippen LogP contribution is -2.16. The summed E-state index contributed by atoms with van der Waals surface area (Å²) in [5.74, 6) is 1.53. The van der Waals surface area contributed by atoms with Gasteiger partial charge in [0.25, 0.3) is 0 Å². The third kappa shape index (κ3) is 3.82. The van der Waals surface area contributed by atoms with E-state index in [0.717, 1.165) is 64.6 Å². The van der Waals surface area contributed by atoms with Crippen LogP contribution in [0.1, 0.15) is 30.0 Å². The van der Waals surface area contributed by atoms with Gasteiger partial charge >= 0.3 is 0 Å². The molecule has 30 heavy (non-hydrogen) atoms. The van der Waals surface area contributed by atoms with E-state index in [1.807, 2.05) is 25.4 Å². The minimum Gasteiger partial charge on any atom is -0.496 e. The van der Waals surface area contributed by atoms with E-state index >= 15 is 0 Å². The number of aromatic nitrogens is 3. The highest BCUT2D eigenvalue weighted by Crippen LogP contribution is 2.43. The topological polar surface area (TPSA) is 66.4 Å². The highest BCUT2D eigenvalue weighted by atomic mass is 35.5. The van der Waals surface area contributed by atoms with Crippen molar-refractivity contribution in [3.63, 3.8) is 0 Å². The number of pyridine rings is 1. The summed E-state index contributed by atoms with van der Waals surface area (Å²) < 4.78 is 16.6. The highest BCUT2D eigenvalue weighted by molar-refractivity contribution is 7.98. The molecule has 8 heteroatoms. The second-order valence-corrected chi connectivity index (χ2v) is 8.32. The smallest absolute Gasteiger partial charge is 0.187 e. The Morgan fingerprint density at radius 2 is 1.83 bits per heavy atom. The molecular weight excluding hydrogens is 422 g/mol. The van der Waals surface area contributed by atoms with Crippen molar-refractivity contribution in [3.05, 3.63) is 34.6 Å². The maximum absolute atomic E-state index is 6.74. The Labute approximate surface area is 185 Å². The molecule has 0 saturated carbocycles. The zero-order valence-electron chi connectivity index (χ0n) is 17.5. The summed E-state index contributed by atoms with van der Waals surface area (Å²) in [6.07, 6.45) is 5.67. The molecule has 158 valence electrons. The van der Waals surface area contributed by atoms with Crippen LogP contribution in [0.15, 0.2) is 23.5 Å². The molecule has 0 N–H and O–H groups in total. The van der Waals surface area contributed by atoms with Gasteiger partial charge in [-0.15, -0.1) is 0 Å². The van der Waals surface area contributed by atoms with Crippen LogP contribution in [0.4, 0.5) is 0 Å². The van der Waals surface area contributed by atoms with Crippen molar-refractivity contribution in [1.82, 2.24) is 15.0 Å². The van der Waals surface area contributed by atoms with Gasteiger partial charge < -0.3 is 14.2 Å². The van der Waals surface area contributed by atoms with Crippen LogP contribution >= 0.6 is 23.4 Å². The van der Waals surface area contributed by atoms with Crippen LogP contribution in [-0.2, 0) is 4.74 Å². The van der Waals surface area contributed by atoms with Crippen LogP contribution in [0.2, 0.25) is 5.02 Å². The molecular formula is C22H24ClN3O3S. The van der Waals surface area contributed by atoms with Crippen molar-refractivity contribution < 1.29 is 14.2 Å². The average Bonchev–Trinajstić information content (AvgIpc) is 2.79. The molecule has 6 nitrogen and oxygen atoms in total. The minimum absolute atomic E-state index is 0.275. The van der Waals surface area contributed by atoms with Gasteiger partial charge in [0.2, 0.25) is 0 Å². The monoisotopic (exact) mass is 445 g/mol. The van der Waals surface area contributed by atoms with Gasteiger partial charge in [0.05, 0.1) is 36.1 Å². The summed E-state index contributed by atoms with van der Waals surface area (Å²) in [6.45, 7) is 3.43. The Bertz CT molecular complexity index is 1060. The number of nitrogens with zero attached hydrogens (tertiary/aromatic N) is 3. The Balaban J connectivity index is 1.99. The first-order valence-corrected chi connectivity index (χ1v) is 11.4. The highest BCUT2D eigenvalue weighted by Gasteiger charge is 2.24. The summed E-state index contributed by atoms with van der Waals surface area (Å²) in [7, 11) is 3.23. The molecule has 4 rings (SSSR count).